The number of hydrogen-bond donors (Lipinski definition) is 2. The highest BCUT2D eigenvalue weighted by Crippen LogP contribution is 2.38. The number of benzene rings is 2. The number of likely N-dealkylation sites (N-methyl/N-ethyl adjacent to an activating group) is 2. The second-order valence-electron chi connectivity index (χ2n) is 12.7. The monoisotopic (exact) mass is 890 g/mol. The summed E-state index contributed by atoms with van der Waals surface area (Å²) >= 11 is 3.26. The predicted octanol–water partition coefficient (Wildman–Crippen LogP) is -0.290. The quantitative estimate of drug-likeness (QED) is 0.170. The van der Waals surface area contributed by atoms with Gasteiger partial charge in [0.15, 0.2) is 0 Å². The average Bonchev–Trinajstić information content (AvgIpc) is 3.81. The van der Waals surface area contributed by atoms with Crippen molar-refractivity contribution in [3.63, 3.8) is 0 Å². The summed E-state index contributed by atoms with van der Waals surface area (Å²) in [4.78, 5) is 2.05. The van der Waals surface area contributed by atoms with Crippen molar-refractivity contribution in [3.05, 3.63) is 117 Å². The maximum absolute atomic E-state index is 11.5. The molecule has 10 heteroatoms. The first-order chi connectivity index (χ1) is 21.2. The van der Waals surface area contributed by atoms with Crippen LogP contribution in [-0.4, -0.2) is 99.0 Å². The molecule has 0 bridgehead atoms. The van der Waals surface area contributed by atoms with Crippen LogP contribution in [0, 0.1) is 0 Å². The van der Waals surface area contributed by atoms with Crippen LogP contribution in [0.2, 0.25) is 0 Å². The third kappa shape index (κ3) is 10.1. The third-order valence-corrected chi connectivity index (χ3v) is 11.5. The normalized spacial score (nSPS) is 19.6. The molecule has 4 aromatic rings. The average molecular weight is 891 g/mol. The maximum Gasteiger partial charge on any atom is 0.129 e. The standard InChI is InChI=1S/2C18H24NO2S.2HI/c2*1-19(11-13-21-14-12-19)10-9-18(20,17-8-5-15-22-17)16-6-3-2-4-7-16;;/h2*2-8,15,20H,9-14H2,1H3;2*1H/q2*+1;;/p-2/t2*18-;;/m00../s1. The number of nitrogens with zero attached hydrogens (tertiary/aromatic N) is 2. The van der Waals surface area contributed by atoms with Crippen LogP contribution >= 0.6 is 22.7 Å². The Morgan fingerprint density at radius 1 is 0.565 bits per heavy atom. The summed E-state index contributed by atoms with van der Waals surface area (Å²) in [5.74, 6) is 0. The first-order valence-corrected chi connectivity index (χ1v) is 17.5. The van der Waals surface area contributed by atoms with Crippen molar-refractivity contribution in [1.82, 2.24) is 0 Å². The van der Waals surface area contributed by atoms with E-state index < -0.39 is 11.2 Å². The Kier molecular flexibility index (Phi) is 15.6. The Balaban J connectivity index is 0.000000240. The van der Waals surface area contributed by atoms with Crippen molar-refractivity contribution in [2.24, 2.45) is 0 Å². The summed E-state index contributed by atoms with van der Waals surface area (Å²) in [6.07, 6.45) is 1.46. The van der Waals surface area contributed by atoms with Gasteiger partial charge in [-0.25, -0.2) is 0 Å². The Morgan fingerprint density at radius 3 is 1.22 bits per heavy atom. The van der Waals surface area contributed by atoms with E-state index in [4.69, 9.17) is 9.47 Å². The number of halogens is 2. The van der Waals surface area contributed by atoms with Crippen molar-refractivity contribution >= 4 is 22.7 Å². The highest BCUT2D eigenvalue weighted by atomic mass is 127. The molecule has 2 aliphatic heterocycles. The van der Waals surface area contributed by atoms with E-state index in [0.29, 0.717) is 0 Å². The van der Waals surface area contributed by atoms with Gasteiger partial charge < -0.3 is 76.6 Å². The maximum atomic E-state index is 11.5. The van der Waals surface area contributed by atoms with Gasteiger partial charge in [0.1, 0.15) is 37.4 Å². The minimum atomic E-state index is -0.894. The van der Waals surface area contributed by atoms with Gasteiger partial charge in [0.25, 0.3) is 0 Å². The van der Waals surface area contributed by atoms with Gasteiger partial charge in [-0.3, -0.25) is 0 Å². The van der Waals surface area contributed by atoms with E-state index >= 15 is 0 Å². The molecule has 2 aromatic carbocycles. The number of aliphatic hydroxyl groups is 2. The van der Waals surface area contributed by atoms with E-state index in [-0.39, 0.29) is 48.0 Å². The summed E-state index contributed by atoms with van der Waals surface area (Å²) < 4.78 is 12.9. The lowest BCUT2D eigenvalue weighted by Crippen LogP contribution is -3.00. The molecule has 0 unspecified atom stereocenters. The molecule has 2 N–H and O–H groups in total. The van der Waals surface area contributed by atoms with E-state index in [9.17, 15) is 10.2 Å². The lowest BCUT2D eigenvalue weighted by Gasteiger charge is -2.40. The Hall–Kier alpha value is -0.940. The summed E-state index contributed by atoms with van der Waals surface area (Å²) in [5.41, 5.74) is 0.180. The topological polar surface area (TPSA) is 58.9 Å². The van der Waals surface area contributed by atoms with Gasteiger partial charge in [-0.2, -0.15) is 0 Å². The number of morpholine rings is 2. The van der Waals surface area contributed by atoms with Gasteiger partial charge in [0.2, 0.25) is 0 Å². The highest BCUT2D eigenvalue weighted by Gasteiger charge is 2.38. The molecule has 2 saturated heterocycles. The van der Waals surface area contributed by atoms with Crippen LogP contribution in [0.3, 0.4) is 0 Å². The molecule has 2 aliphatic rings. The van der Waals surface area contributed by atoms with E-state index in [2.05, 4.69) is 14.1 Å². The fourth-order valence-electron chi connectivity index (χ4n) is 6.15. The van der Waals surface area contributed by atoms with Gasteiger partial charge in [-0.05, 0) is 34.0 Å². The number of thiophene rings is 2. The van der Waals surface area contributed by atoms with E-state index in [1.807, 2.05) is 95.7 Å². The van der Waals surface area contributed by atoms with Crippen molar-refractivity contribution in [2.45, 2.75) is 24.0 Å². The van der Waals surface area contributed by atoms with Crippen molar-refractivity contribution in [3.8, 4) is 0 Å². The minimum Gasteiger partial charge on any atom is -1.00 e. The molecular weight excluding hydrogens is 842 g/mol. The lowest BCUT2D eigenvalue weighted by molar-refractivity contribution is -0.917. The van der Waals surface area contributed by atoms with E-state index in [0.717, 1.165) is 108 Å². The summed E-state index contributed by atoms with van der Waals surface area (Å²) in [6, 6.07) is 28.2. The second kappa shape index (κ2) is 18.2. The third-order valence-electron chi connectivity index (χ3n) is 9.49. The molecule has 0 aliphatic carbocycles. The summed E-state index contributed by atoms with van der Waals surface area (Å²) in [5, 5.41) is 27.0. The van der Waals surface area contributed by atoms with Gasteiger partial charge in [0, 0.05) is 22.6 Å². The molecule has 2 aromatic heterocycles. The minimum absolute atomic E-state index is 0. The van der Waals surface area contributed by atoms with Crippen LogP contribution in [0.4, 0.5) is 0 Å². The first-order valence-electron chi connectivity index (χ1n) is 15.7. The van der Waals surface area contributed by atoms with Crippen molar-refractivity contribution in [2.75, 3.05) is 79.8 Å². The predicted molar refractivity (Wildman–Crippen MR) is 180 cm³/mol. The lowest BCUT2D eigenvalue weighted by atomic mass is 9.88. The van der Waals surface area contributed by atoms with Gasteiger partial charge in [-0.15, -0.1) is 22.7 Å². The largest absolute Gasteiger partial charge is 1.00 e. The molecule has 2 fully saturated rings. The van der Waals surface area contributed by atoms with Crippen molar-refractivity contribution in [1.29, 1.82) is 0 Å². The van der Waals surface area contributed by atoms with E-state index in [1.54, 1.807) is 22.7 Å². The number of rotatable bonds is 10. The molecule has 6 nitrogen and oxygen atoms in total. The van der Waals surface area contributed by atoms with Gasteiger partial charge >= 0.3 is 0 Å². The Morgan fingerprint density at radius 2 is 0.913 bits per heavy atom. The first kappa shape index (κ1) is 39.5. The summed E-state index contributed by atoms with van der Waals surface area (Å²) in [6.45, 7) is 9.27. The number of quaternary nitrogens is 2. The molecule has 4 heterocycles. The molecule has 2 atom stereocenters. The van der Waals surface area contributed by atoms with Gasteiger partial charge in [0.05, 0.1) is 53.6 Å². The Labute approximate surface area is 317 Å². The van der Waals surface area contributed by atoms with Crippen LogP contribution in [0.1, 0.15) is 33.7 Å². The highest BCUT2D eigenvalue weighted by molar-refractivity contribution is 7.10. The fourth-order valence-corrected chi connectivity index (χ4v) is 7.90. The molecule has 0 saturated carbocycles. The molecule has 252 valence electrons. The zero-order valence-corrected chi connectivity index (χ0v) is 32.8. The van der Waals surface area contributed by atoms with Crippen LogP contribution in [0.5, 0.6) is 0 Å². The molecule has 46 heavy (non-hydrogen) atoms. The SMILES string of the molecule is C[N+]1(CC[C@](O)(c2ccccc2)c2cccs2)CCOCC1.C[N+]1(CC[C@](O)(c2ccccc2)c2cccs2)CCOCC1.[I-].[I-]. The van der Waals surface area contributed by atoms with Crippen LogP contribution < -0.4 is 48.0 Å². The number of hydrogen-bond acceptors (Lipinski definition) is 6. The zero-order chi connectivity index (χ0) is 30.9. The van der Waals surface area contributed by atoms with Gasteiger partial charge in [-0.1, -0.05) is 72.8 Å². The molecule has 0 radical (unpaired) electrons. The number of ether oxygens (including phenoxy) is 2. The summed E-state index contributed by atoms with van der Waals surface area (Å²) in [7, 11) is 4.53. The zero-order valence-electron chi connectivity index (χ0n) is 26.9. The van der Waals surface area contributed by atoms with Crippen LogP contribution in [0.15, 0.2) is 95.7 Å². The molecule has 6 rings (SSSR count). The second-order valence-corrected chi connectivity index (χ2v) is 14.6. The van der Waals surface area contributed by atoms with Crippen LogP contribution in [0.25, 0.3) is 0 Å². The van der Waals surface area contributed by atoms with E-state index in [1.165, 1.54) is 0 Å². The fraction of sp³-hybridized carbons (Fsp3) is 0.444. The molecule has 0 spiro atoms. The molecular formula is C36H48I2N2O4S2. The smallest absolute Gasteiger partial charge is 0.129 e. The van der Waals surface area contributed by atoms with Crippen LogP contribution in [-0.2, 0) is 20.7 Å². The molecule has 0 amide bonds. The van der Waals surface area contributed by atoms with Crippen molar-refractivity contribution < 1.29 is 76.6 Å². The Bertz CT molecular complexity index is 1280.